The third-order valence-electron chi connectivity index (χ3n) is 2.32. The maximum absolute atomic E-state index is 11.8. The second-order valence-corrected chi connectivity index (χ2v) is 7.43. The summed E-state index contributed by atoms with van der Waals surface area (Å²) >= 11 is 1.45. The lowest BCUT2D eigenvalue weighted by molar-refractivity contribution is -0.137. The van der Waals surface area contributed by atoms with E-state index in [-0.39, 0.29) is 25.1 Å². The summed E-state index contributed by atoms with van der Waals surface area (Å²) in [4.78, 5) is 15.3. The van der Waals surface area contributed by atoms with E-state index in [1.54, 1.807) is 6.20 Å². The summed E-state index contributed by atoms with van der Waals surface area (Å²) in [5.41, 5.74) is 0. The van der Waals surface area contributed by atoms with Crippen LogP contribution in [-0.4, -0.2) is 41.6 Å². The normalized spacial score (nSPS) is 11.9. The van der Waals surface area contributed by atoms with Gasteiger partial charge in [-0.15, -0.1) is 11.3 Å². The van der Waals surface area contributed by atoms with Gasteiger partial charge < -0.3 is 5.11 Å². The topological polar surface area (TPSA) is 87.6 Å². The van der Waals surface area contributed by atoms with E-state index >= 15 is 0 Å². The molecule has 0 amide bonds. The number of nitrogens with zero attached hydrogens (tertiary/aromatic N) is 2. The molecule has 0 unspecified atom stereocenters. The molecule has 1 rings (SSSR count). The van der Waals surface area contributed by atoms with E-state index in [9.17, 15) is 13.2 Å². The van der Waals surface area contributed by atoms with Crippen LogP contribution in [0.1, 0.15) is 22.7 Å². The molecule has 1 N–H and O–H groups in total. The number of rotatable bonds is 7. The summed E-state index contributed by atoms with van der Waals surface area (Å²) in [7, 11) is -1.90. The fourth-order valence-electron chi connectivity index (χ4n) is 1.36. The van der Waals surface area contributed by atoms with E-state index in [0.717, 1.165) is 9.88 Å². The summed E-state index contributed by atoms with van der Waals surface area (Å²) in [6.07, 6.45) is 1.65. The van der Waals surface area contributed by atoms with Crippen LogP contribution in [0, 0.1) is 6.92 Å². The summed E-state index contributed by atoms with van der Waals surface area (Å²) in [6, 6.07) is 0. The van der Waals surface area contributed by atoms with Crippen molar-refractivity contribution in [3.8, 4) is 0 Å². The minimum atomic E-state index is -3.40. The zero-order chi connectivity index (χ0) is 13.8. The van der Waals surface area contributed by atoms with Crippen LogP contribution in [0.15, 0.2) is 6.20 Å². The van der Waals surface area contributed by atoms with Crippen LogP contribution in [0.2, 0.25) is 0 Å². The summed E-state index contributed by atoms with van der Waals surface area (Å²) in [5.74, 6) is -1.13. The highest BCUT2D eigenvalue weighted by Gasteiger charge is 2.18. The van der Waals surface area contributed by atoms with Gasteiger partial charge in [-0.05, 0) is 13.3 Å². The summed E-state index contributed by atoms with van der Waals surface area (Å²) in [6.45, 7) is 2.14. The van der Waals surface area contributed by atoms with Crippen LogP contribution in [0.3, 0.4) is 0 Å². The molecule has 0 fully saturated rings. The first-order valence-corrected chi connectivity index (χ1v) is 7.81. The van der Waals surface area contributed by atoms with E-state index in [0.29, 0.717) is 0 Å². The first-order chi connectivity index (χ1) is 8.31. The number of hydrogen-bond donors (Lipinski definition) is 1. The zero-order valence-corrected chi connectivity index (χ0v) is 11.9. The van der Waals surface area contributed by atoms with Crippen LogP contribution < -0.4 is 0 Å². The summed E-state index contributed by atoms with van der Waals surface area (Å²) < 4.78 is 24.9. The van der Waals surface area contributed by atoms with Crippen molar-refractivity contribution in [2.45, 2.75) is 26.3 Å². The SMILES string of the molecule is Cc1ncc(CN(C)S(=O)(=O)CCCC(=O)O)s1. The van der Waals surface area contributed by atoms with Gasteiger partial charge in [0.05, 0.1) is 10.8 Å². The molecule has 0 saturated carbocycles. The van der Waals surface area contributed by atoms with Gasteiger partial charge >= 0.3 is 5.97 Å². The Balaban J connectivity index is 2.53. The molecular weight excluding hydrogens is 276 g/mol. The van der Waals surface area contributed by atoms with Crippen molar-refractivity contribution < 1.29 is 18.3 Å². The van der Waals surface area contributed by atoms with Crippen LogP contribution in [-0.2, 0) is 21.4 Å². The average molecular weight is 292 g/mol. The highest BCUT2D eigenvalue weighted by Crippen LogP contribution is 2.15. The second-order valence-electron chi connectivity index (χ2n) is 3.91. The molecule has 0 aliphatic rings. The number of aryl methyl sites for hydroxylation is 1. The van der Waals surface area contributed by atoms with Crippen LogP contribution >= 0.6 is 11.3 Å². The number of aromatic nitrogens is 1. The van der Waals surface area contributed by atoms with Gasteiger partial charge in [0.2, 0.25) is 10.0 Å². The number of sulfonamides is 1. The van der Waals surface area contributed by atoms with Crippen molar-refractivity contribution >= 4 is 27.3 Å². The minimum Gasteiger partial charge on any atom is -0.481 e. The second kappa shape index (κ2) is 6.26. The number of aliphatic carboxylic acids is 1. The fourth-order valence-corrected chi connectivity index (χ4v) is 3.44. The minimum absolute atomic E-state index is 0.129. The maximum Gasteiger partial charge on any atom is 0.303 e. The Bertz CT molecular complexity index is 510. The molecule has 0 aliphatic heterocycles. The first kappa shape index (κ1) is 15.1. The Hall–Kier alpha value is -0.990. The monoisotopic (exact) mass is 292 g/mol. The lowest BCUT2D eigenvalue weighted by Crippen LogP contribution is -2.28. The predicted octanol–water partition coefficient (Wildman–Crippen LogP) is 1.08. The molecule has 6 nitrogen and oxygen atoms in total. The van der Waals surface area contributed by atoms with Crippen molar-refractivity contribution in [3.05, 3.63) is 16.1 Å². The van der Waals surface area contributed by atoms with E-state index in [1.807, 2.05) is 6.92 Å². The van der Waals surface area contributed by atoms with Gasteiger partial charge in [-0.25, -0.2) is 13.4 Å². The molecule has 1 heterocycles. The zero-order valence-electron chi connectivity index (χ0n) is 10.3. The molecule has 102 valence electrons. The largest absolute Gasteiger partial charge is 0.481 e. The first-order valence-electron chi connectivity index (χ1n) is 5.38. The van der Waals surface area contributed by atoms with E-state index in [1.165, 1.54) is 22.7 Å². The molecule has 8 heteroatoms. The number of hydrogen-bond acceptors (Lipinski definition) is 5. The van der Waals surface area contributed by atoms with Gasteiger partial charge in [-0.2, -0.15) is 4.31 Å². The van der Waals surface area contributed by atoms with Crippen LogP contribution in [0.25, 0.3) is 0 Å². The highest BCUT2D eigenvalue weighted by atomic mass is 32.2. The van der Waals surface area contributed by atoms with Crippen molar-refractivity contribution in [2.75, 3.05) is 12.8 Å². The van der Waals surface area contributed by atoms with Crippen molar-refractivity contribution in [1.29, 1.82) is 0 Å². The molecule has 0 spiro atoms. The van der Waals surface area contributed by atoms with E-state index < -0.39 is 16.0 Å². The van der Waals surface area contributed by atoms with Gasteiger partial charge in [0.15, 0.2) is 0 Å². The van der Waals surface area contributed by atoms with Gasteiger partial charge in [0, 0.05) is 31.1 Å². The Labute approximate surface area is 110 Å². The van der Waals surface area contributed by atoms with Gasteiger partial charge in [0.1, 0.15) is 0 Å². The number of thiazole rings is 1. The van der Waals surface area contributed by atoms with Crippen molar-refractivity contribution in [1.82, 2.24) is 9.29 Å². The number of carbonyl (C=O) groups is 1. The third-order valence-corrected chi connectivity index (χ3v) is 5.10. The molecule has 0 radical (unpaired) electrons. The lowest BCUT2D eigenvalue weighted by atomic mass is 10.3. The molecular formula is C10H16N2O4S2. The highest BCUT2D eigenvalue weighted by molar-refractivity contribution is 7.89. The average Bonchev–Trinajstić information content (AvgIpc) is 2.63. The standard InChI is InChI=1S/C10H16N2O4S2/c1-8-11-6-9(17-8)7-12(2)18(15,16)5-3-4-10(13)14/h6H,3-5,7H2,1-2H3,(H,13,14). The predicted molar refractivity (Wildman–Crippen MR) is 69.0 cm³/mol. The van der Waals surface area contributed by atoms with Gasteiger partial charge in [-0.3, -0.25) is 4.79 Å². The van der Waals surface area contributed by atoms with Gasteiger partial charge in [-0.1, -0.05) is 0 Å². The smallest absolute Gasteiger partial charge is 0.303 e. The Morgan fingerprint density at radius 3 is 2.72 bits per heavy atom. The van der Waals surface area contributed by atoms with Gasteiger partial charge in [0.25, 0.3) is 0 Å². The number of carboxylic acid groups (broad SMARTS) is 1. The van der Waals surface area contributed by atoms with Crippen molar-refractivity contribution in [3.63, 3.8) is 0 Å². The Morgan fingerprint density at radius 1 is 1.56 bits per heavy atom. The summed E-state index contributed by atoms with van der Waals surface area (Å²) in [5, 5.41) is 9.36. The third kappa shape index (κ3) is 4.71. The molecule has 0 bridgehead atoms. The number of carboxylic acids is 1. The van der Waals surface area contributed by atoms with E-state index in [4.69, 9.17) is 5.11 Å². The maximum atomic E-state index is 11.8. The Morgan fingerprint density at radius 2 is 2.22 bits per heavy atom. The fraction of sp³-hybridized carbons (Fsp3) is 0.600. The van der Waals surface area contributed by atoms with Crippen molar-refractivity contribution in [2.24, 2.45) is 0 Å². The molecule has 0 atom stereocenters. The van der Waals surface area contributed by atoms with E-state index in [2.05, 4.69) is 4.98 Å². The lowest BCUT2D eigenvalue weighted by Gasteiger charge is -2.15. The Kier molecular flexibility index (Phi) is 5.24. The molecule has 0 saturated heterocycles. The molecule has 18 heavy (non-hydrogen) atoms. The quantitative estimate of drug-likeness (QED) is 0.812. The van der Waals surface area contributed by atoms with Crippen LogP contribution in [0.5, 0.6) is 0 Å². The molecule has 0 aliphatic carbocycles. The molecule has 1 aromatic rings. The van der Waals surface area contributed by atoms with Crippen LogP contribution in [0.4, 0.5) is 0 Å². The molecule has 1 aromatic heterocycles. The molecule has 0 aromatic carbocycles.